The average Bonchev–Trinajstić information content (AvgIpc) is 2.30. The molecule has 1 nitrogen and oxygen atoms in total. The standard InChI is InChI=1S/C11H20O/c1-8(12)9-5-6-10(7-9)11(2,3)4/h9-10H,5-7H2,1-4H3. The van der Waals surface area contributed by atoms with Crippen molar-refractivity contribution < 1.29 is 4.79 Å². The first-order valence-corrected chi connectivity index (χ1v) is 4.91. The highest BCUT2D eigenvalue weighted by molar-refractivity contribution is 5.78. The Labute approximate surface area is 75.5 Å². The first-order chi connectivity index (χ1) is 5.41. The van der Waals surface area contributed by atoms with Gasteiger partial charge >= 0.3 is 0 Å². The van der Waals surface area contributed by atoms with E-state index in [4.69, 9.17) is 0 Å². The Hall–Kier alpha value is -0.330. The van der Waals surface area contributed by atoms with Crippen LogP contribution >= 0.6 is 0 Å². The molecule has 0 N–H and O–H groups in total. The Balaban J connectivity index is 2.51. The van der Waals surface area contributed by atoms with Crippen molar-refractivity contribution in [2.45, 2.75) is 47.0 Å². The van der Waals surface area contributed by atoms with Gasteiger partial charge in [-0.15, -0.1) is 0 Å². The normalized spacial score (nSPS) is 30.7. The van der Waals surface area contributed by atoms with Gasteiger partial charge in [0.05, 0.1) is 0 Å². The molecule has 0 aromatic carbocycles. The monoisotopic (exact) mass is 168 g/mol. The van der Waals surface area contributed by atoms with Crippen LogP contribution in [-0.4, -0.2) is 5.78 Å². The van der Waals surface area contributed by atoms with Gasteiger partial charge in [-0.05, 0) is 37.5 Å². The van der Waals surface area contributed by atoms with Crippen LogP contribution in [0.25, 0.3) is 0 Å². The van der Waals surface area contributed by atoms with E-state index in [1.807, 2.05) is 0 Å². The molecule has 1 aliphatic carbocycles. The van der Waals surface area contributed by atoms with E-state index in [0.717, 1.165) is 18.8 Å². The van der Waals surface area contributed by atoms with Gasteiger partial charge in [0.1, 0.15) is 5.78 Å². The summed E-state index contributed by atoms with van der Waals surface area (Å²) in [6.45, 7) is 8.57. The van der Waals surface area contributed by atoms with Crippen molar-refractivity contribution in [1.82, 2.24) is 0 Å². The highest BCUT2D eigenvalue weighted by Gasteiger charge is 2.34. The topological polar surface area (TPSA) is 17.1 Å². The number of hydrogen-bond donors (Lipinski definition) is 0. The second-order valence-corrected chi connectivity index (χ2v) is 5.18. The molecule has 0 amide bonds. The maximum atomic E-state index is 11.1. The molecule has 2 atom stereocenters. The van der Waals surface area contributed by atoms with Gasteiger partial charge in [0, 0.05) is 5.92 Å². The summed E-state index contributed by atoms with van der Waals surface area (Å²) in [4.78, 5) is 11.1. The fourth-order valence-electron chi connectivity index (χ4n) is 2.14. The van der Waals surface area contributed by atoms with Crippen LogP contribution in [-0.2, 0) is 4.79 Å². The average molecular weight is 168 g/mol. The predicted octanol–water partition coefficient (Wildman–Crippen LogP) is 3.04. The summed E-state index contributed by atoms with van der Waals surface area (Å²) in [6.07, 6.45) is 3.49. The number of carbonyl (C=O) groups excluding carboxylic acids is 1. The maximum absolute atomic E-state index is 11.1. The Bertz CT molecular complexity index is 176. The molecule has 1 aliphatic rings. The van der Waals surface area contributed by atoms with E-state index < -0.39 is 0 Å². The van der Waals surface area contributed by atoms with E-state index in [1.165, 1.54) is 6.42 Å². The van der Waals surface area contributed by atoms with Gasteiger partial charge in [0.15, 0.2) is 0 Å². The third kappa shape index (κ3) is 2.09. The van der Waals surface area contributed by atoms with Crippen molar-refractivity contribution in [1.29, 1.82) is 0 Å². The number of ketones is 1. The SMILES string of the molecule is CC(=O)C1CCC(C(C)(C)C)C1. The fraction of sp³-hybridized carbons (Fsp3) is 0.909. The van der Waals surface area contributed by atoms with Gasteiger partial charge in [0.25, 0.3) is 0 Å². The summed E-state index contributed by atoms with van der Waals surface area (Å²) < 4.78 is 0. The van der Waals surface area contributed by atoms with Crippen LogP contribution in [0.2, 0.25) is 0 Å². The van der Waals surface area contributed by atoms with Crippen LogP contribution in [0, 0.1) is 17.3 Å². The summed E-state index contributed by atoms with van der Waals surface area (Å²) in [5.41, 5.74) is 0.393. The fourth-order valence-corrected chi connectivity index (χ4v) is 2.14. The summed E-state index contributed by atoms with van der Waals surface area (Å²) in [5, 5.41) is 0. The lowest BCUT2D eigenvalue weighted by molar-refractivity contribution is -0.120. The van der Waals surface area contributed by atoms with E-state index in [2.05, 4.69) is 20.8 Å². The Morgan fingerprint density at radius 2 is 1.83 bits per heavy atom. The smallest absolute Gasteiger partial charge is 0.132 e. The molecular weight excluding hydrogens is 148 g/mol. The molecule has 2 unspecified atom stereocenters. The maximum Gasteiger partial charge on any atom is 0.132 e. The zero-order chi connectivity index (χ0) is 9.35. The van der Waals surface area contributed by atoms with E-state index >= 15 is 0 Å². The second kappa shape index (κ2) is 3.20. The van der Waals surface area contributed by atoms with Gasteiger partial charge in [-0.1, -0.05) is 20.8 Å². The van der Waals surface area contributed by atoms with E-state index in [-0.39, 0.29) is 0 Å². The lowest BCUT2D eigenvalue weighted by Gasteiger charge is -2.26. The van der Waals surface area contributed by atoms with Crippen molar-refractivity contribution >= 4 is 5.78 Å². The van der Waals surface area contributed by atoms with Crippen LogP contribution in [0.1, 0.15) is 47.0 Å². The summed E-state index contributed by atoms with van der Waals surface area (Å²) in [6, 6.07) is 0. The molecular formula is C11H20O. The zero-order valence-electron chi connectivity index (χ0n) is 8.68. The van der Waals surface area contributed by atoms with E-state index in [9.17, 15) is 4.79 Å². The van der Waals surface area contributed by atoms with E-state index in [1.54, 1.807) is 6.92 Å². The van der Waals surface area contributed by atoms with Gasteiger partial charge in [-0.2, -0.15) is 0 Å². The third-order valence-corrected chi connectivity index (χ3v) is 3.23. The Morgan fingerprint density at radius 1 is 1.25 bits per heavy atom. The highest BCUT2D eigenvalue weighted by atomic mass is 16.1. The minimum atomic E-state index is 0.370. The van der Waals surface area contributed by atoms with Crippen molar-refractivity contribution in [2.75, 3.05) is 0 Å². The first kappa shape index (κ1) is 9.76. The van der Waals surface area contributed by atoms with Crippen LogP contribution in [0.15, 0.2) is 0 Å². The lowest BCUT2D eigenvalue weighted by Crippen LogP contribution is -2.18. The molecule has 0 heterocycles. The first-order valence-electron chi connectivity index (χ1n) is 4.91. The molecule has 0 aromatic heterocycles. The van der Waals surface area contributed by atoms with Crippen molar-refractivity contribution in [3.63, 3.8) is 0 Å². The number of Topliss-reactive ketones (excluding diaryl/α,β-unsaturated/α-hetero) is 1. The minimum absolute atomic E-state index is 0.370. The Kier molecular flexibility index (Phi) is 2.60. The summed E-state index contributed by atoms with van der Waals surface area (Å²) in [7, 11) is 0. The number of rotatable bonds is 1. The highest BCUT2D eigenvalue weighted by Crippen LogP contribution is 2.42. The number of carbonyl (C=O) groups is 1. The third-order valence-electron chi connectivity index (χ3n) is 3.23. The molecule has 1 fully saturated rings. The molecule has 0 spiro atoms. The van der Waals surface area contributed by atoms with Crippen molar-refractivity contribution in [2.24, 2.45) is 17.3 Å². The van der Waals surface area contributed by atoms with Crippen LogP contribution in [0.4, 0.5) is 0 Å². The van der Waals surface area contributed by atoms with Crippen LogP contribution < -0.4 is 0 Å². The molecule has 0 aromatic rings. The molecule has 1 rings (SSSR count). The molecule has 1 saturated carbocycles. The van der Waals surface area contributed by atoms with Crippen molar-refractivity contribution in [3.8, 4) is 0 Å². The van der Waals surface area contributed by atoms with Crippen molar-refractivity contribution in [3.05, 3.63) is 0 Å². The van der Waals surface area contributed by atoms with Crippen LogP contribution in [0.5, 0.6) is 0 Å². The van der Waals surface area contributed by atoms with Gasteiger partial charge in [-0.3, -0.25) is 4.79 Å². The molecule has 0 saturated heterocycles. The molecule has 0 bridgehead atoms. The summed E-state index contributed by atoms with van der Waals surface area (Å²) >= 11 is 0. The minimum Gasteiger partial charge on any atom is -0.300 e. The lowest BCUT2D eigenvalue weighted by atomic mass is 9.79. The molecule has 0 radical (unpaired) electrons. The summed E-state index contributed by atoms with van der Waals surface area (Å²) in [5.74, 6) is 1.52. The van der Waals surface area contributed by atoms with Gasteiger partial charge < -0.3 is 0 Å². The van der Waals surface area contributed by atoms with Gasteiger partial charge in [-0.25, -0.2) is 0 Å². The predicted molar refractivity (Wildman–Crippen MR) is 51.0 cm³/mol. The largest absolute Gasteiger partial charge is 0.300 e. The van der Waals surface area contributed by atoms with Crippen LogP contribution in [0.3, 0.4) is 0 Å². The Morgan fingerprint density at radius 3 is 2.08 bits per heavy atom. The number of hydrogen-bond acceptors (Lipinski definition) is 1. The molecule has 12 heavy (non-hydrogen) atoms. The molecule has 0 aliphatic heterocycles. The zero-order valence-corrected chi connectivity index (χ0v) is 8.68. The van der Waals surface area contributed by atoms with E-state index in [0.29, 0.717) is 17.1 Å². The molecule has 1 heteroatoms. The van der Waals surface area contributed by atoms with Gasteiger partial charge in [0.2, 0.25) is 0 Å². The quantitative estimate of drug-likeness (QED) is 0.588. The second-order valence-electron chi connectivity index (χ2n) is 5.18. The molecule has 70 valence electrons.